The summed E-state index contributed by atoms with van der Waals surface area (Å²) in [5.41, 5.74) is 3.46. The van der Waals surface area contributed by atoms with E-state index in [-0.39, 0.29) is 11.2 Å². The van der Waals surface area contributed by atoms with E-state index in [1.54, 1.807) is 12.1 Å². The lowest BCUT2D eigenvalue weighted by atomic mass is 9.94. The maximum absolute atomic E-state index is 14.0. The molecule has 1 aromatic carbocycles. The average Bonchev–Trinajstić information content (AvgIpc) is 2.68. The fourth-order valence-corrected chi connectivity index (χ4v) is 3.57. The molecule has 96 valence electrons. The fraction of sp³-hybridized carbons (Fsp3) is 0.429. The first-order chi connectivity index (χ1) is 8.66. The van der Waals surface area contributed by atoms with Gasteiger partial charge in [-0.1, -0.05) is 11.6 Å². The van der Waals surface area contributed by atoms with Gasteiger partial charge in [-0.05, 0) is 55.0 Å². The highest BCUT2D eigenvalue weighted by Gasteiger charge is 2.32. The van der Waals surface area contributed by atoms with Gasteiger partial charge in [0.1, 0.15) is 5.82 Å². The van der Waals surface area contributed by atoms with Gasteiger partial charge in [0.05, 0.1) is 11.1 Å². The number of hydrogen-bond donors (Lipinski definition) is 1. The highest BCUT2D eigenvalue weighted by molar-refractivity contribution is 7.81. The van der Waals surface area contributed by atoms with E-state index in [4.69, 9.17) is 11.6 Å². The van der Waals surface area contributed by atoms with Crippen LogP contribution < -0.4 is 4.90 Å². The molecule has 18 heavy (non-hydrogen) atoms. The predicted octanol–water partition coefficient (Wildman–Crippen LogP) is 4.43. The summed E-state index contributed by atoms with van der Waals surface area (Å²) in [5, 5.41) is 0.458. The molecule has 0 amide bonds. The molecule has 1 aliphatic heterocycles. The van der Waals surface area contributed by atoms with E-state index >= 15 is 0 Å². The molecule has 1 aromatic rings. The monoisotopic (exact) mass is 283 g/mol. The number of anilines is 1. The summed E-state index contributed by atoms with van der Waals surface area (Å²) in [7, 11) is 0. The minimum atomic E-state index is -0.263. The van der Waals surface area contributed by atoms with Crippen molar-refractivity contribution in [3.05, 3.63) is 40.2 Å². The van der Waals surface area contributed by atoms with Crippen LogP contribution in [0.2, 0.25) is 5.02 Å². The topological polar surface area (TPSA) is 3.24 Å². The van der Waals surface area contributed by atoms with E-state index in [1.165, 1.54) is 30.1 Å². The Hall–Kier alpha value is -0.670. The molecule has 0 saturated carbocycles. The zero-order valence-corrected chi connectivity index (χ0v) is 11.6. The van der Waals surface area contributed by atoms with Crippen LogP contribution in [-0.4, -0.2) is 11.9 Å². The molecule has 0 spiro atoms. The van der Waals surface area contributed by atoms with E-state index in [9.17, 15) is 4.39 Å². The second-order valence-corrected chi connectivity index (χ2v) is 5.86. The molecule has 0 aromatic heterocycles. The molecule has 3 rings (SSSR count). The molecule has 0 saturated heterocycles. The summed E-state index contributed by atoms with van der Waals surface area (Å²) >= 11 is 10.5. The zero-order valence-electron chi connectivity index (χ0n) is 10.00. The van der Waals surface area contributed by atoms with E-state index < -0.39 is 0 Å². The predicted molar refractivity (Wildman–Crippen MR) is 77.0 cm³/mol. The van der Waals surface area contributed by atoms with Crippen molar-refractivity contribution >= 4 is 29.9 Å². The Bertz CT molecular complexity index is 515. The molecule has 0 fully saturated rings. The summed E-state index contributed by atoms with van der Waals surface area (Å²) in [6.07, 6.45) is 4.72. The van der Waals surface area contributed by atoms with Crippen molar-refractivity contribution in [2.45, 2.75) is 31.1 Å². The quantitative estimate of drug-likeness (QED) is 0.590. The van der Waals surface area contributed by atoms with Gasteiger partial charge in [0, 0.05) is 11.6 Å². The highest BCUT2D eigenvalue weighted by Crippen LogP contribution is 2.40. The normalized spacial score (nSPS) is 23.5. The summed E-state index contributed by atoms with van der Waals surface area (Å²) in [5.74, 6) is -0.263. The maximum atomic E-state index is 14.0. The number of nitrogens with zero attached hydrogens (tertiary/aromatic N) is 1. The van der Waals surface area contributed by atoms with Gasteiger partial charge >= 0.3 is 0 Å². The molecular formula is C14H15ClFNS. The van der Waals surface area contributed by atoms with Gasteiger partial charge in [0.25, 0.3) is 0 Å². The third-order valence-electron chi connectivity index (χ3n) is 3.82. The number of rotatable bonds is 1. The first-order valence-corrected chi connectivity index (χ1v) is 7.17. The van der Waals surface area contributed by atoms with Crippen LogP contribution in [0.1, 0.15) is 25.7 Å². The van der Waals surface area contributed by atoms with Crippen LogP contribution in [0.4, 0.5) is 10.1 Å². The van der Waals surface area contributed by atoms with Gasteiger partial charge in [0.2, 0.25) is 0 Å². The summed E-state index contributed by atoms with van der Waals surface area (Å²) in [4.78, 5) is 2.03. The van der Waals surface area contributed by atoms with Gasteiger partial charge in [-0.2, -0.15) is 12.6 Å². The van der Waals surface area contributed by atoms with E-state index in [0.717, 1.165) is 19.4 Å². The molecule has 1 atom stereocenters. The zero-order chi connectivity index (χ0) is 12.7. The van der Waals surface area contributed by atoms with Crippen LogP contribution in [0.25, 0.3) is 0 Å². The third-order valence-corrected chi connectivity index (χ3v) is 4.64. The molecule has 0 radical (unpaired) electrons. The van der Waals surface area contributed by atoms with Crippen molar-refractivity contribution in [2.24, 2.45) is 0 Å². The summed E-state index contributed by atoms with van der Waals surface area (Å²) in [6, 6.07) is 4.85. The molecular weight excluding hydrogens is 269 g/mol. The average molecular weight is 284 g/mol. The van der Waals surface area contributed by atoms with E-state index in [2.05, 4.69) is 12.6 Å². The van der Waals surface area contributed by atoms with Crippen molar-refractivity contribution in [1.29, 1.82) is 0 Å². The smallest absolute Gasteiger partial charge is 0.148 e. The Kier molecular flexibility index (Phi) is 3.29. The standard InChI is InChI=1S/C14H15ClFNS/c15-10-5-6-13(12(16)7-10)17-8-9-3-1-2-4-11(9)14(17)18/h5-7,14,18H,1-4,8H2. The molecule has 1 heterocycles. The SMILES string of the molecule is Fc1cc(Cl)ccc1N1CC2=C(CCCC2)C1S. The van der Waals surface area contributed by atoms with Crippen LogP contribution in [0.5, 0.6) is 0 Å². The second kappa shape index (κ2) is 4.78. The summed E-state index contributed by atoms with van der Waals surface area (Å²) < 4.78 is 14.0. The molecule has 0 bridgehead atoms. The lowest BCUT2D eigenvalue weighted by Gasteiger charge is -2.25. The maximum Gasteiger partial charge on any atom is 0.148 e. The van der Waals surface area contributed by atoms with Crippen molar-refractivity contribution < 1.29 is 4.39 Å². The van der Waals surface area contributed by atoms with E-state index in [1.807, 2.05) is 4.90 Å². The Morgan fingerprint density at radius 1 is 1.28 bits per heavy atom. The highest BCUT2D eigenvalue weighted by atomic mass is 35.5. The first-order valence-electron chi connectivity index (χ1n) is 6.27. The van der Waals surface area contributed by atoms with Gasteiger partial charge in [-0.3, -0.25) is 0 Å². The molecule has 2 aliphatic rings. The molecule has 4 heteroatoms. The third kappa shape index (κ3) is 2.04. The minimum Gasteiger partial charge on any atom is -0.350 e. The van der Waals surface area contributed by atoms with Crippen LogP contribution in [0.3, 0.4) is 0 Å². The van der Waals surface area contributed by atoms with Crippen molar-refractivity contribution in [3.8, 4) is 0 Å². The Morgan fingerprint density at radius 2 is 2.06 bits per heavy atom. The number of thiol groups is 1. The van der Waals surface area contributed by atoms with Gasteiger partial charge in [-0.25, -0.2) is 4.39 Å². The van der Waals surface area contributed by atoms with Gasteiger partial charge < -0.3 is 4.90 Å². The van der Waals surface area contributed by atoms with Gasteiger partial charge in [-0.15, -0.1) is 0 Å². The lowest BCUT2D eigenvalue weighted by molar-refractivity contribution is 0.622. The number of benzene rings is 1. The Labute approximate surface area is 117 Å². The van der Waals surface area contributed by atoms with Crippen molar-refractivity contribution in [1.82, 2.24) is 0 Å². The molecule has 0 N–H and O–H groups in total. The van der Waals surface area contributed by atoms with Crippen LogP contribution in [0, 0.1) is 5.82 Å². The minimum absolute atomic E-state index is 0.0241. The molecule has 1 unspecified atom stereocenters. The Morgan fingerprint density at radius 3 is 2.78 bits per heavy atom. The lowest BCUT2D eigenvalue weighted by Crippen LogP contribution is -2.28. The van der Waals surface area contributed by atoms with Crippen LogP contribution >= 0.6 is 24.2 Å². The molecule has 1 aliphatic carbocycles. The van der Waals surface area contributed by atoms with Crippen LogP contribution in [-0.2, 0) is 0 Å². The molecule has 1 nitrogen and oxygen atoms in total. The van der Waals surface area contributed by atoms with Gasteiger partial charge in [0.15, 0.2) is 0 Å². The van der Waals surface area contributed by atoms with Crippen molar-refractivity contribution in [3.63, 3.8) is 0 Å². The summed E-state index contributed by atoms with van der Waals surface area (Å²) in [6.45, 7) is 0.808. The van der Waals surface area contributed by atoms with E-state index in [0.29, 0.717) is 10.7 Å². The number of halogens is 2. The van der Waals surface area contributed by atoms with Crippen LogP contribution in [0.15, 0.2) is 29.3 Å². The second-order valence-electron chi connectivity index (χ2n) is 4.93. The first kappa shape index (κ1) is 12.4. The Balaban J connectivity index is 1.91. The fourth-order valence-electron chi connectivity index (χ4n) is 2.89. The van der Waals surface area contributed by atoms with Crippen molar-refractivity contribution in [2.75, 3.05) is 11.4 Å². The largest absolute Gasteiger partial charge is 0.350 e. The number of hydrogen-bond acceptors (Lipinski definition) is 2.